The molecule has 0 aliphatic carbocycles. The molecule has 8 heteroatoms. The van der Waals surface area contributed by atoms with E-state index in [1.54, 1.807) is 19.2 Å². The Kier molecular flexibility index (Phi) is 8.28. The summed E-state index contributed by atoms with van der Waals surface area (Å²) in [6, 6.07) is 3.10. The van der Waals surface area contributed by atoms with Crippen molar-refractivity contribution in [3.05, 3.63) is 22.2 Å². The second-order valence-electron chi connectivity index (χ2n) is 4.75. The van der Waals surface area contributed by atoms with E-state index in [4.69, 9.17) is 32.7 Å². The first-order valence-electron chi connectivity index (χ1n) is 6.77. The van der Waals surface area contributed by atoms with Crippen LogP contribution in [0.1, 0.15) is 12.8 Å². The van der Waals surface area contributed by atoms with Crippen molar-refractivity contribution < 1.29 is 14.3 Å². The average Bonchev–Trinajstić information content (AvgIpc) is 2.96. The van der Waals surface area contributed by atoms with E-state index in [1.807, 2.05) is 0 Å². The molecule has 1 amide bonds. The minimum atomic E-state index is -0.153. The van der Waals surface area contributed by atoms with Crippen LogP contribution in [-0.4, -0.2) is 38.8 Å². The third-order valence-electron chi connectivity index (χ3n) is 3.18. The van der Waals surface area contributed by atoms with Gasteiger partial charge in [-0.25, -0.2) is 0 Å². The fraction of sp³-hybridized carbons (Fsp3) is 0.500. The van der Waals surface area contributed by atoms with Crippen molar-refractivity contribution in [1.29, 1.82) is 0 Å². The lowest BCUT2D eigenvalue weighted by atomic mass is 10.2. The first kappa shape index (κ1) is 19.3. The highest BCUT2D eigenvalue weighted by Crippen LogP contribution is 2.36. The minimum absolute atomic E-state index is 0. The second kappa shape index (κ2) is 9.43. The molecule has 1 aromatic rings. The average molecular weight is 370 g/mol. The molecule has 1 saturated heterocycles. The lowest BCUT2D eigenvalue weighted by Gasteiger charge is -2.14. The Hall–Kier alpha value is -0.720. The molecule has 1 aromatic carbocycles. The zero-order chi connectivity index (χ0) is 15.2. The van der Waals surface area contributed by atoms with Crippen molar-refractivity contribution in [2.45, 2.75) is 18.9 Å². The summed E-state index contributed by atoms with van der Waals surface area (Å²) in [5.41, 5.74) is 0.558. The van der Waals surface area contributed by atoms with Crippen molar-refractivity contribution >= 4 is 47.2 Å². The molecule has 5 nitrogen and oxygen atoms in total. The summed E-state index contributed by atoms with van der Waals surface area (Å²) in [5, 5.41) is 6.65. The fourth-order valence-corrected chi connectivity index (χ4v) is 2.73. The number of rotatable bonds is 6. The number of hydrogen-bond acceptors (Lipinski definition) is 4. The predicted molar refractivity (Wildman–Crippen MR) is 90.7 cm³/mol. The number of hydrogen-bond donors (Lipinski definition) is 2. The van der Waals surface area contributed by atoms with Crippen molar-refractivity contribution in [3.8, 4) is 5.75 Å². The smallest absolute Gasteiger partial charge is 0.241 e. The zero-order valence-corrected chi connectivity index (χ0v) is 14.5. The standard InChI is InChI=1S/C14H18Cl2N2O3.ClH/c1-20-5-6-21-13-10(15)7-9(8-11(13)16)18-14(19)12-3-2-4-17-12;/h7-8,12,17H,2-6H2,1H3,(H,18,19);1H. The van der Waals surface area contributed by atoms with Crippen LogP contribution in [0.5, 0.6) is 5.75 Å². The van der Waals surface area contributed by atoms with E-state index in [2.05, 4.69) is 10.6 Å². The van der Waals surface area contributed by atoms with E-state index in [-0.39, 0.29) is 24.4 Å². The third-order valence-corrected chi connectivity index (χ3v) is 3.74. The van der Waals surface area contributed by atoms with Gasteiger partial charge in [0.1, 0.15) is 6.61 Å². The molecule has 1 aliphatic rings. The quantitative estimate of drug-likeness (QED) is 0.756. The molecule has 1 heterocycles. The zero-order valence-electron chi connectivity index (χ0n) is 12.2. The van der Waals surface area contributed by atoms with E-state index in [0.717, 1.165) is 19.4 Å². The van der Waals surface area contributed by atoms with E-state index in [9.17, 15) is 4.79 Å². The van der Waals surface area contributed by atoms with Gasteiger partial charge in [-0.15, -0.1) is 12.4 Å². The van der Waals surface area contributed by atoms with Crippen LogP contribution >= 0.6 is 35.6 Å². The number of methoxy groups -OCH3 is 1. The molecule has 1 aliphatic heterocycles. The second-order valence-corrected chi connectivity index (χ2v) is 5.56. The van der Waals surface area contributed by atoms with E-state index < -0.39 is 0 Å². The summed E-state index contributed by atoms with van der Waals surface area (Å²) >= 11 is 12.3. The van der Waals surface area contributed by atoms with E-state index >= 15 is 0 Å². The molecule has 2 rings (SSSR count). The van der Waals surface area contributed by atoms with Crippen LogP contribution in [0.15, 0.2) is 12.1 Å². The minimum Gasteiger partial charge on any atom is -0.488 e. The highest BCUT2D eigenvalue weighted by Gasteiger charge is 2.22. The molecule has 0 spiro atoms. The Balaban J connectivity index is 0.00000242. The summed E-state index contributed by atoms with van der Waals surface area (Å²) in [7, 11) is 1.59. The van der Waals surface area contributed by atoms with E-state index in [1.165, 1.54) is 0 Å². The Morgan fingerprint density at radius 1 is 1.36 bits per heavy atom. The maximum atomic E-state index is 12.0. The lowest BCUT2D eigenvalue weighted by molar-refractivity contribution is -0.117. The Labute approximate surface area is 146 Å². The Morgan fingerprint density at radius 2 is 2.05 bits per heavy atom. The van der Waals surface area contributed by atoms with Gasteiger partial charge in [0.15, 0.2) is 5.75 Å². The molecule has 124 valence electrons. The van der Waals surface area contributed by atoms with Gasteiger partial charge in [-0.05, 0) is 31.5 Å². The van der Waals surface area contributed by atoms with Crippen molar-refractivity contribution in [1.82, 2.24) is 5.32 Å². The molecule has 0 bridgehead atoms. The number of carbonyl (C=O) groups excluding carboxylic acids is 1. The first-order chi connectivity index (χ1) is 10.1. The van der Waals surface area contributed by atoms with Crippen LogP contribution in [0.25, 0.3) is 0 Å². The van der Waals surface area contributed by atoms with Crippen molar-refractivity contribution in [2.24, 2.45) is 0 Å². The lowest BCUT2D eigenvalue weighted by Crippen LogP contribution is -2.35. The number of nitrogens with one attached hydrogen (secondary N) is 2. The van der Waals surface area contributed by atoms with Crippen LogP contribution in [0.4, 0.5) is 5.69 Å². The highest BCUT2D eigenvalue weighted by atomic mass is 35.5. The van der Waals surface area contributed by atoms with Gasteiger partial charge < -0.3 is 20.1 Å². The van der Waals surface area contributed by atoms with E-state index in [0.29, 0.717) is 34.7 Å². The molecule has 1 atom stereocenters. The van der Waals surface area contributed by atoms with Gasteiger partial charge in [0, 0.05) is 12.8 Å². The molecule has 1 unspecified atom stereocenters. The third kappa shape index (κ3) is 5.18. The first-order valence-corrected chi connectivity index (χ1v) is 7.52. The van der Waals surface area contributed by atoms with Gasteiger partial charge in [-0.3, -0.25) is 4.79 Å². The number of anilines is 1. The van der Waals surface area contributed by atoms with Crippen LogP contribution in [0.2, 0.25) is 10.0 Å². The molecule has 1 fully saturated rings. The molecule has 0 radical (unpaired) electrons. The summed E-state index contributed by atoms with van der Waals surface area (Å²) in [6.45, 7) is 1.66. The summed E-state index contributed by atoms with van der Waals surface area (Å²) in [6.07, 6.45) is 1.84. The fourth-order valence-electron chi connectivity index (χ4n) is 2.13. The molecule has 0 saturated carbocycles. The normalized spacial score (nSPS) is 17.0. The van der Waals surface area contributed by atoms with Gasteiger partial charge in [0.2, 0.25) is 5.91 Å². The molecular formula is C14H19Cl3N2O3. The molecular weight excluding hydrogens is 351 g/mol. The van der Waals surface area contributed by atoms with Crippen LogP contribution in [0.3, 0.4) is 0 Å². The summed E-state index contributed by atoms with van der Waals surface area (Å²) < 4.78 is 10.4. The summed E-state index contributed by atoms with van der Waals surface area (Å²) in [5.74, 6) is 0.319. The highest BCUT2D eigenvalue weighted by molar-refractivity contribution is 6.37. The van der Waals surface area contributed by atoms with Gasteiger partial charge in [-0.1, -0.05) is 23.2 Å². The molecule has 22 heavy (non-hydrogen) atoms. The SMILES string of the molecule is COCCOc1c(Cl)cc(NC(=O)C2CCCN2)cc1Cl.Cl. The van der Waals surface area contributed by atoms with Gasteiger partial charge in [0.25, 0.3) is 0 Å². The topological polar surface area (TPSA) is 59.6 Å². The maximum Gasteiger partial charge on any atom is 0.241 e. The van der Waals surface area contributed by atoms with Gasteiger partial charge in [-0.2, -0.15) is 0 Å². The van der Waals surface area contributed by atoms with Crippen molar-refractivity contribution in [2.75, 3.05) is 32.2 Å². The van der Waals surface area contributed by atoms with Gasteiger partial charge in [0.05, 0.1) is 22.7 Å². The molecule has 2 N–H and O–H groups in total. The predicted octanol–water partition coefficient (Wildman–Crippen LogP) is 3.13. The number of ether oxygens (including phenoxy) is 2. The Morgan fingerprint density at radius 3 is 2.59 bits per heavy atom. The van der Waals surface area contributed by atoms with Crippen LogP contribution < -0.4 is 15.4 Å². The Bertz CT molecular complexity index is 485. The number of halogens is 3. The number of benzene rings is 1. The summed E-state index contributed by atoms with van der Waals surface area (Å²) in [4.78, 5) is 12.0. The largest absolute Gasteiger partial charge is 0.488 e. The number of amides is 1. The van der Waals surface area contributed by atoms with Crippen LogP contribution in [-0.2, 0) is 9.53 Å². The van der Waals surface area contributed by atoms with Crippen molar-refractivity contribution in [3.63, 3.8) is 0 Å². The molecule has 0 aromatic heterocycles. The monoisotopic (exact) mass is 368 g/mol. The number of carbonyl (C=O) groups is 1. The maximum absolute atomic E-state index is 12.0. The van der Waals surface area contributed by atoms with Crippen LogP contribution in [0, 0.1) is 0 Å². The van der Waals surface area contributed by atoms with Gasteiger partial charge >= 0.3 is 0 Å².